The highest BCUT2D eigenvalue weighted by Crippen LogP contribution is 2.23. The van der Waals surface area contributed by atoms with Crippen molar-refractivity contribution in [2.24, 2.45) is 16.8 Å². The van der Waals surface area contributed by atoms with Gasteiger partial charge >= 0.3 is 0 Å². The third-order valence-electron chi connectivity index (χ3n) is 2.63. The third-order valence-corrected chi connectivity index (χ3v) is 2.63. The monoisotopic (exact) mass is 230 g/mol. The van der Waals surface area contributed by atoms with Crippen LogP contribution in [0.5, 0.6) is 0 Å². The molecule has 0 unspecified atom stereocenters. The van der Waals surface area contributed by atoms with E-state index in [1.165, 1.54) is 11.1 Å². The van der Waals surface area contributed by atoms with Crippen molar-refractivity contribution in [3.63, 3.8) is 0 Å². The molecule has 2 nitrogen and oxygen atoms in total. The largest absolute Gasteiger partial charge is 0.241 e. The molecular formula is C15H22N2. The molecule has 17 heavy (non-hydrogen) atoms. The molecular weight excluding hydrogens is 208 g/mol. The second-order valence-corrected chi connectivity index (χ2v) is 5.37. The average Bonchev–Trinajstić information content (AvgIpc) is 2.21. The molecule has 0 heterocycles. The Morgan fingerprint density at radius 1 is 1.06 bits per heavy atom. The van der Waals surface area contributed by atoms with Crippen LogP contribution in [-0.4, -0.2) is 6.01 Å². The molecule has 0 aliphatic rings. The molecule has 0 aromatic heterocycles. The Kier molecular flexibility index (Phi) is 5.11. The second-order valence-electron chi connectivity index (χ2n) is 5.37. The fraction of sp³-hybridized carbons (Fsp3) is 0.533. The van der Waals surface area contributed by atoms with E-state index in [1.807, 2.05) is 6.07 Å². The van der Waals surface area contributed by atoms with E-state index in [4.69, 9.17) is 5.41 Å². The molecule has 0 aliphatic heterocycles. The van der Waals surface area contributed by atoms with Crippen molar-refractivity contribution in [2.75, 3.05) is 0 Å². The fourth-order valence-electron chi connectivity index (χ4n) is 2.02. The number of nitrogens with zero attached hydrogens (tertiary/aromatic N) is 1. The van der Waals surface area contributed by atoms with Gasteiger partial charge in [0.1, 0.15) is 0 Å². The highest BCUT2D eigenvalue weighted by Gasteiger charge is 2.07. The molecule has 0 atom stereocenters. The Hall–Kier alpha value is -1.40. The third kappa shape index (κ3) is 4.54. The van der Waals surface area contributed by atoms with E-state index in [0.29, 0.717) is 11.8 Å². The van der Waals surface area contributed by atoms with Gasteiger partial charge in [-0.05, 0) is 47.9 Å². The van der Waals surface area contributed by atoms with Crippen molar-refractivity contribution in [2.45, 2.75) is 40.5 Å². The van der Waals surface area contributed by atoms with E-state index < -0.39 is 0 Å². The van der Waals surface area contributed by atoms with Crippen molar-refractivity contribution < 1.29 is 0 Å². The maximum atomic E-state index is 6.90. The molecule has 0 saturated carbocycles. The normalized spacial score (nSPS) is 10.7. The van der Waals surface area contributed by atoms with Crippen LogP contribution in [0.15, 0.2) is 23.2 Å². The Morgan fingerprint density at radius 3 is 2.18 bits per heavy atom. The number of nitrogens with one attached hydrogen (secondary N) is 1. The van der Waals surface area contributed by atoms with Crippen LogP contribution in [0.3, 0.4) is 0 Å². The molecule has 0 saturated heterocycles. The predicted molar refractivity (Wildman–Crippen MR) is 73.3 cm³/mol. The predicted octanol–water partition coefficient (Wildman–Crippen LogP) is 4.47. The standard InChI is InChI=1S/C15H22N2/c1-11(2)7-13-5-6-15(17-10-16)9-14(13)8-12(3)4/h5-6,9,11-12,16H,7-8H2,1-4H3. The van der Waals surface area contributed by atoms with Crippen LogP contribution >= 0.6 is 0 Å². The molecule has 1 aromatic rings. The summed E-state index contributed by atoms with van der Waals surface area (Å²) in [7, 11) is 0. The highest BCUT2D eigenvalue weighted by molar-refractivity contribution is 5.52. The average molecular weight is 230 g/mol. The molecule has 0 radical (unpaired) electrons. The van der Waals surface area contributed by atoms with Crippen LogP contribution in [0.4, 0.5) is 5.69 Å². The highest BCUT2D eigenvalue weighted by atomic mass is 14.7. The Morgan fingerprint density at radius 2 is 1.65 bits per heavy atom. The summed E-state index contributed by atoms with van der Waals surface area (Å²) in [6.07, 6.45) is 2.18. The smallest absolute Gasteiger partial charge is 0.0918 e. The van der Waals surface area contributed by atoms with E-state index in [1.54, 1.807) is 0 Å². The molecule has 92 valence electrons. The summed E-state index contributed by atoms with van der Waals surface area (Å²) >= 11 is 0. The molecule has 0 fully saturated rings. The minimum atomic E-state index is 0.639. The Balaban J connectivity index is 3.06. The van der Waals surface area contributed by atoms with E-state index in [2.05, 4.69) is 50.8 Å². The zero-order chi connectivity index (χ0) is 12.8. The first kappa shape index (κ1) is 13.7. The van der Waals surface area contributed by atoms with Crippen LogP contribution in [-0.2, 0) is 12.8 Å². The lowest BCUT2D eigenvalue weighted by Gasteiger charge is -2.14. The molecule has 0 aliphatic carbocycles. The van der Waals surface area contributed by atoms with Gasteiger partial charge in [0.05, 0.1) is 11.7 Å². The van der Waals surface area contributed by atoms with Gasteiger partial charge in [-0.15, -0.1) is 0 Å². The lowest BCUT2D eigenvalue weighted by molar-refractivity contribution is 0.616. The molecule has 1 rings (SSSR count). The first-order chi connectivity index (χ1) is 8.02. The lowest BCUT2D eigenvalue weighted by Crippen LogP contribution is -2.02. The molecule has 2 heteroatoms. The van der Waals surface area contributed by atoms with Gasteiger partial charge in [0.2, 0.25) is 0 Å². The number of benzene rings is 1. The van der Waals surface area contributed by atoms with Crippen molar-refractivity contribution in [1.82, 2.24) is 0 Å². The molecule has 1 aromatic carbocycles. The second kappa shape index (κ2) is 6.36. The van der Waals surface area contributed by atoms with Gasteiger partial charge in [0.15, 0.2) is 0 Å². The van der Waals surface area contributed by atoms with E-state index >= 15 is 0 Å². The summed E-state index contributed by atoms with van der Waals surface area (Å²) in [5, 5.41) is 6.90. The zero-order valence-electron chi connectivity index (χ0n) is 11.2. The maximum Gasteiger partial charge on any atom is 0.0918 e. The van der Waals surface area contributed by atoms with Crippen LogP contribution < -0.4 is 0 Å². The van der Waals surface area contributed by atoms with Gasteiger partial charge in [-0.25, -0.2) is 5.41 Å². The SMILES string of the molecule is CC(C)Cc1ccc(N=C=N)cc1CC(C)C. The van der Waals surface area contributed by atoms with Crippen molar-refractivity contribution in [3.05, 3.63) is 29.3 Å². The van der Waals surface area contributed by atoms with Crippen molar-refractivity contribution in [1.29, 1.82) is 5.41 Å². The van der Waals surface area contributed by atoms with Crippen LogP contribution in [0.25, 0.3) is 0 Å². The van der Waals surface area contributed by atoms with Crippen LogP contribution in [0, 0.1) is 17.2 Å². The zero-order valence-corrected chi connectivity index (χ0v) is 11.2. The van der Waals surface area contributed by atoms with E-state index in [-0.39, 0.29) is 0 Å². The van der Waals surface area contributed by atoms with Gasteiger partial charge in [0.25, 0.3) is 0 Å². The first-order valence-electron chi connectivity index (χ1n) is 6.27. The first-order valence-corrected chi connectivity index (χ1v) is 6.27. The Bertz CT molecular complexity index is 413. The molecule has 1 N–H and O–H groups in total. The van der Waals surface area contributed by atoms with Gasteiger partial charge in [-0.3, -0.25) is 0 Å². The van der Waals surface area contributed by atoms with Crippen molar-refractivity contribution in [3.8, 4) is 0 Å². The lowest BCUT2D eigenvalue weighted by atomic mass is 9.92. The molecule has 0 spiro atoms. The minimum absolute atomic E-state index is 0.639. The minimum Gasteiger partial charge on any atom is -0.241 e. The number of hydrogen-bond acceptors (Lipinski definition) is 2. The van der Waals surface area contributed by atoms with Crippen LogP contribution in [0.1, 0.15) is 38.8 Å². The maximum absolute atomic E-state index is 6.90. The van der Waals surface area contributed by atoms with Crippen LogP contribution in [0.2, 0.25) is 0 Å². The van der Waals surface area contributed by atoms with E-state index in [0.717, 1.165) is 18.5 Å². The van der Waals surface area contributed by atoms with Gasteiger partial charge in [-0.1, -0.05) is 33.8 Å². The fourth-order valence-corrected chi connectivity index (χ4v) is 2.02. The Labute approximate surface area is 104 Å². The molecule has 0 bridgehead atoms. The van der Waals surface area contributed by atoms with Crippen molar-refractivity contribution >= 4 is 11.7 Å². The van der Waals surface area contributed by atoms with E-state index in [9.17, 15) is 0 Å². The van der Waals surface area contributed by atoms with Gasteiger partial charge < -0.3 is 0 Å². The summed E-state index contributed by atoms with van der Waals surface area (Å²) in [5.41, 5.74) is 3.62. The summed E-state index contributed by atoms with van der Waals surface area (Å²) in [6, 6.07) is 8.32. The number of aliphatic imine (C=N–C) groups is 1. The number of hydrogen-bond donors (Lipinski definition) is 1. The topological polar surface area (TPSA) is 36.2 Å². The summed E-state index contributed by atoms with van der Waals surface area (Å²) < 4.78 is 0. The summed E-state index contributed by atoms with van der Waals surface area (Å²) in [5.74, 6) is 1.30. The van der Waals surface area contributed by atoms with Gasteiger partial charge in [-0.2, -0.15) is 4.99 Å². The summed E-state index contributed by atoms with van der Waals surface area (Å²) in [6.45, 7) is 8.93. The quantitative estimate of drug-likeness (QED) is 0.725. The summed E-state index contributed by atoms with van der Waals surface area (Å²) in [4.78, 5) is 3.91. The molecule has 0 amide bonds. The number of rotatable bonds is 5. The van der Waals surface area contributed by atoms with Gasteiger partial charge in [0, 0.05) is 0 Å².